The Balaban J connectivity index is 1.94. The molecule has 0 aliphatic rings. The number of anilines is 1. The van der Waals surface area contributed by atoms with Crippen LogP contribution in [0.1, 0.15) is 27.0 Å². The van der Waals surface area contributed by atoms with E-state index < -0.39 is 5.97 Å². The number of hydrogen-bond donors (Lipinski definition) is 1. The number of thiophene rings is 1. The number of hydrogen-bond acceptors (Lipinski definition) is 4. The van der Waals surface area contributed by atoms with Crippen molar-refractivity contribution in [3.05, 3.63) is 77.2 Å². The first-order chi connectivity index (χ1) is 12.2. The third kappa shape index (κ3) is 3.95. The summed E-state index contributed by atoms with van der Waals surface area (Å²) in [6.07, 6.45) is 0. The average Bonchev–Trinajstić information content (AvgIpc) is 3.07. The van der Waals surface area contributed by atoms with Crippen molar-refractivity contribution in [1.82, 2.24) is 0 Å². The van der Waals surface area contributed by atoms with Crippen molar-refractivity contribution in [2.45, 2.75) is 6.92 Å². The van der Waals surface area contributed by atoms with Gasteiger partial charge in [-0.2, -0.15) is 0 Å². The van der Waals surface area contributed by atoms with Crippen LogP contribution < -0.4 is 5.32 Å². The Morgan fingerprint density at radius 1 is 1.00 bits per heavy atom. The zero-order valence-corrected chi connectivity index (χ0v) is 14.5. The predicted molar refractivity (Wildman–Crippen MR) is 100 cm³/mol. The van der Waals surface area contributed by atoms with E-state index in [-0.39, 0.29) is 12.5 Å². The lowest BCUT2D eigenvalue weighted by atomic mass is 10.2. The molecule has 25 heavy (non-hydrogen) atoms. The molecule has 126 valence electrons. The maximum atomic E-state index is 12.4. The van der Waals surface area contributed by atoms with E-state index in [2.05, 4.69) is 5.32 Å². The molecule has 4 nitrogen and oxygen atoms in total. The summed E-state index contributed by atoms with van der Waals surface area (Å²) >= 11 is 1.31. The zero-order valence-electron chi connectivity index (χ0n) is 13.7. The van der Waals surface area contributed by atoms with Gasteiger partial charge >= 0.3 is 5.97 Å². The summed E-state index contributed by atoms with van der Waals surface area (Å²) < 4.78 is 5.13. The molecule has 0 saturated heterocycles. The first-order valence-corrected chi connectivity index (χ1v) is 8.73. The highest BCUT2D eigenvalue weighted by molar-refractivity contribution is 7.18. The Morgan fingerprint density at radius 2 is 1.64 bits per heavy atom. The van der Waals surface area contributed by atoms with Crippen LogP contribution in [0, 0.1) is 0 Å². The monoisotopic (exact) mass is 351 g/mol. The van der Waals surface area contributed by atoms with Crippen molar-refractivity contribution >= 4 is 28.9 Å². The van der Waals surface area contributed by atoms with E-state index in [9.17, 15) is 9.59 Å². The molecule has 0 spiro atoms. The fourth-order valence-corrected chi connectivity index (χ4v) is 3.37. The fraction of sp³-hybridized carbons (Fsp3) is 0.100. The number of amides is 1. The summed E-state index contributed by atoms with van der Waals surface area (Å²) in [4.78, 5) is 26.0. The number of carbonyl (C=O) groups is 2. The minimum Gasteiger partial charge on any atom is -0.462 e. The Bertz CT molecular complexity index is 872. The van der Waals surface area contributed by atoms with Crippen LogP contribution >= 0.6 is 11.3 Å². The Morgan fingerprint density at radius 3 is 2.28 bits per heavy atom. The maximum Gasteiger partial charge on any atom is 0.350 e. The van der Waals surface area contributed by atoms with Crippen molar-refractivity contribution in [1.29, 1.82) is 0 Å². The van der Waals surface area contributed by atoms with Crippen LogP contribution in [0.25, 0.3) is 10.4 Å². The number of esters is 1. The highest BCUT2D eigenvalue weighted by atomic mass is 32.1. The number of nitrogens with one attached hydrogen (secondary N) is 1. The van der Waals surface area contributed by atoms with Crippen LogP contribution in [0.2, 0.25) is 0 Å². The largest absolute Gasteiger partial charge is 0.462 e. The van der Waals surface area contributed by atoms with Crippen LogP contribution in [0.3, 0.4) is 0 Å². The van der Waals surface area contributed by atoms with E-state index in [1.807, 2.05) is 42.5 Å². The standard InChI is InChI=1S/C20H17NO3S/c1-2-24-20(23)18-16(21-19(22)15-11-7-4-8-12-15)13-17(25-18)14-9-5-3-6-10-14/h3-13H,2H2,1H3,(H,21,22). The van der Waals surface area contributed by atoms with Gasteiger partial charge in [-0.05, 0) is 30.7 Å². The molecular weight excluding hydrogens is 334 g/mol. The number of carbonyl (C=O) groups excluding carboxylic acids is 2. The third-order valence-corrected chi connectivity index (χ3v) is 4.70. The SMILES string of the molecule is CCOC(=O)c1sc(-c2ccccc2)cc1NC(=O)c1ccccc1. The van der Waals surface area contributed by atoms with E-state index in [0.717, 1.165) is 10.4 Å². The second-order valence-corrected chi connectivity index (χ2v) is 6.31. The Labute approximate surface area is 150 Å². The molecule has 3 aromatic rings. The average molecular weight is 351 g/mol. The minimum absolute atomic E-state index is 0.261. The highest BCUT2D eigenvalue weighted by Gasteiger charge is 2.20. The van der Waals surface area contributed by atoms with Gasteiger partial charge in [0.05, 0.1) is 12.3 Å². The van der Waals surface area contributed by atoms with Crippen molar-refractivity contribution in [2.24, 2.45) is 0 Å². The van der Waals surface area contributed by atoms with Crippen molar-refractivity contribution in [2.75, 3.05) is 11.9 Å². The molecule has 0 unspecified atom stereocenters. The van der Waals surface area contributed by atoms with Crippen LogP contribution in [-0.2, 0) is 4.74 Å². The molecule has 0 radical (unpaired) electrons. The number of rotatable bonds is 5. The normalized spacial score (nSPS) is 10.3. The van der Waals surface area contributed by atoms with Crippen LogP contribution in [0.4, 0.5) is 5.69 Å². The van der Waals surface area contributed by atoms with Gasteiger partial charge in [0.25, 0.3) is 5.91 Å². The van der Waals surface area contributed by atoms with Crippen molar-refractivity contribution in [3.8, 4) is 10.4 Å². The molecule has 2 aromatic carbocycles. The third-order valence-electron chi connectivity index (χ3n) is 3.54. The minimum atomic E-state index is -0.432. The van der Waals surface area contributed by atoms with E-state index in [1.165, 1.54) is 11.3 Å². The molecule has 5 heteroatoms. The molecule has 0 saturated carbocycles. The van der Waals surface area contributed by atoms with Gasteiger partial charge in [0.2, 0.25) is 0 Å². The summed E-state index contributed by atoms with van der Waals surface area (Å²) in [5.41, 5.74) is 1.99. The molecule has 1 N–H and O–H groups in total. The zero-order chi connectivity index (χ0) is 17.6. The van der Waals surface area contributed by atoms with Crippen LogP contribution in [0.15, 0.2) is 66.7 Å². The lowest BCUT2D eigenvalue weighted by molar-refractivity contribution is 0.0533. The van der Waals surface area contributed by atoms with Gasteiger partial charge in [0.1, 0.15) is 4.88 Å². The van der Waals surface area contributed by atoms with Gasteiger partial charge < -0.3 is 10.1 Å². The van der Waals surface area contributed by atoms with Crippen molar-refractivity contribution in [3.63, 3.8) is 0 Å². The highest BCUT2D eigenvalue weighted by Crippen LogP contribution is 2.35. The van der Waals surface area contributed by atoms with Gasteiger partial charge in [0.15, 0.2) is 0 Å². The van der Waals surface area contributed by atoms with E-state index >= 15 is 0 Å². The summed E-state index contributed by atoms with van der Waals surface area (Å²) in [5.74, 6) is -0.693. The molecule has 0 bridgehead atoms. The lowest BCUT2D eigenvalue weighted by Crippen LogP contribution is -2.14. The van der Waals surface area contributed by atoms with E-state index in [4.69, 9.17) is 4.74 Å². The summed E-state index contributed by atoms with van der Waals surface area (Å²) in [6, 6.07) is 20.4. The molecule has 0 aliphatic carbocycles. The number of ether oxygens (including phenoxy) is 1. The molecule has 1 aromatic heterocycles. The van der Waals surface area contributed by atoms with E-state index in [1.54, 1.807) is 31.2 Å². The van der Waals surface area contributed by atoms with Gasteiger partial charge in [-0.25, -0.2) is 4.79 Å². The second-order valence-electron chi connectivity index (χ2n) is 5.26. The first kappa shape index (κ1) is 16.9. The molecule has 1 amide bonds. The lowest BCUT2D eigenvalue weighted by Gasteiger charge is -2.06. The molecular formula is C20H17NO3S. The molecule has 0 fully saturated rings. The summed E-state index contributed by atoms with van der Waals surface area (Å²) in [6.45, 7) is 2.04. The smallest absolute Gasteiger partial charge is 0.350 e. The predicted octanol–water partition coefficient (Wildman–Crippen LogP) is 4.84. The molecule has 3 rings (SSSR count). The van der Waals surface area contributed by atoms with Gasteiger partial charge in [-0.15, -0.1) is 11.3 Å². The first-order valence-electron chi connectivity index (χ1n) is 7.92. The van der Waals surface area contributed by atoms with Gasteiger partial charge in [0, 0.05) is 10.4 Å². The summed E-state index contributed by atoms with van der Waals surface area (Å²) in [5, 5.41) is 2.83. The molecule has 0 atom stereocenters. The van der Waals surface area contributed by atoms with Crippen LogP contribution in [-0.4, -0.2) is 18.5 Å². The Hall–Kier alpha value is -2.92. The van der Waals surface area contributed by atoms with Crippen LogP contribution in [0.5, 0.6) is 0 Å². The maximum absolute atomic E-state index is 12.4. The number of benzene rings is 2. The molecule has 1 heterocycles. The topological polar surface area (TPSA) is 55.4 Å². The fourth-order valence-electron chi connectivity index (χ4n) is 2.36. The van der Waals surface area contributed by atoms with Gasteiger partial charge in [-0.1, -0.05) is 48.5 Å². The van der Waals surface area contributed by atoms with E-state index in [0.29, 0.717) is 16.1 Å². The quantitative estimate of drug-likeness (QED) is 0.669. The van der Waals surface area contributed by atoms with Crippen molar-refractivity contribution < 1.29 is 14.3 Å². The van der Waals surface area contributed by atoms with Gasteiger partial charge in [-0.3, -0.25) is 4.79 Å². The molecule has 0 aliphatic heterocycles. The summed E-state index contributed by atoms with van der Waals surface area (Å²) in [7, 11) is 0. The second kappa shape index (κ2) is 7.77. The Kier molecular flexibility index (Phi) is 5.26.